The predicted molar refractivity (Wildman–Crippen MR) is 81.1 cm³/mol. The fourth-order valence-corrected chi connectivity index (χ4v) is 2.71. The molecule has 0 N–H and O–H groups in total. The molecule has 0 saturated carbocycles. The van der Waals surface area contributed by atoms with Gasteiger partial charge in [0.15, 0.2) is 6.19 Å². The minimum atomic E-state index is 0.495. The van der Waals surface area contributed by atoms with Crippen molar-refractivity contribution in [2.24, 2.45) is 0 Å². The van der Waals surface area contributed by atoms with Gasteiger partial charge in [0, 0.05) is 28.4 Å². The van der Waals surface area contributed by atoms with Crippen LogP contribution in [0.25, 0.3) is 11.3 Å². The van der Waals surface area contributed by atoms with Crippen molar-refractivity contribution < 1.29 is 4.74 Å². The minimum absolute atomic E-state index is 0.495. The molecule has 7 heteroatoms. The molecule has 5 nitrogen and oxygen atoms in total. The number of ether oxygens (including phenoxy) is 1. The highest BCUT2D eigenvalue weighted by Gasteiger charge is 2.19. The summed E-state index contributed by atoms with van der Waals surface area (Å²) in [4.78, 5) is 9.78. The maximum Gasteiger partial charge on any atom is 0.216 e. The van der Waals surface area contributed by atoms with E-state index in [9.17, 15) is 0 Å². The highest BCUT2D eigenvalue weighted by molar-refractivity contribution is 8.02. The number of nitriles is 1. The third-order valence-corrected chi connectivity index (χ3v) is 3.78. The van der Waals surface area contributed by atoms with Gasteiger partial charge in [0.25, 0.3) is 0 Å². The van der Waals surface area contributed by atoms with Crippen LogP contribution < -0.4 is 4.74 Å². The molecule has 0 radical (unpaired) electrons. The van der Waals surface area contributed by atoms with Crippen LogP contribution in [0.4, 0.5) is 0 Å². The molecule has 0 saturated heterocycles. The Kier molecular flexibility index (Phi) is 3.95. The normalized spacial score (nSPS) is 13.7. The number of halogens is 1. The van der Waals surface area contributed by atoms with Gasteiger partial charge in [-0.15, -0.1) is 11.8 Å². The van der Waals surface area contributed by atoms with Crippen LogP contribution in [0, 0.1) is 11.5 Å². The van der Waals surface area contributed by atoms with Crippen LogP contribution in [0.15, 0.2) is 48.1 Å². The molecule has 21 heavy (non-hydrogen) atoms. The number of thioether (sulfide) groups is 1. The van der Waals surface area contributed by atoms with Gasteiger partial charge in [0.1, 0.15) is 5.75 Å². The van der Waals surface area contributed by atoms with E-state index in [4.69, 9.17) is 21.6 Å². The van der Waals surface area contributed by atoms with Gasteiger partial charge in [-0.2, -0.15) is 5.26 Å². The van der Waals surface area contributed by atoms with Crippen LogP contribution in [0.3, 0.4) is 0 Å². The van der Waals surface area contributed by atoms with Crippen molar-refractivity contribution in [3.05, 3.63) is 53.1 Å². The van der Waals surface area contributed by atoms with E-state index < -0.39 is 0 Å². The Balaban J connectivity index is 1.98. The van der Waals surface area contributed by atoms with Crippen molar-refractivity contribution in [1.29, 1.82) is 5.26 Å². The van der Waals surface area contributed by atoms with Gasteiger partial charge in [0.2, 0.25) is 5.88 Å². The summed E-state index contributed by atoms with van der Waals surface area (Å²) >= 11 is 7.56. The highest BCUT2D eigenvalue weighted by Crippen LogP contribution is 2.34. The van der Waals surface area contributed by atoms with E-state index in [1.165, 1.54) is 16.7 Å². The van der Waals surface area contributed by atoms with E-state index in [1.54, 1.807) is 42.2 Å². The smallest absolute Gasteiger partial charge is 0.216 e. The first-order chi connectivity index (χ1) is 10.3. The zero-order valence-corrected chi connectivity index (χ0v) is 12.3. The van der Waals surface area contributed by atoms with Crippen LogP contribution in [-0.2, 0) is 0 Å². The lowest BCUT2D eigenvalue weighted by molar-refractivity contribution is 0.309. The first-order valence-corrected chi connectivity index (χ1v) is 7.43. The number of hydrogen-bond donors (Lipinski definition) is 0. The zero-order chi connectivity index (χ0) is 14.7. The summed E-state index contributed by atoms with van der Waals surface area (Å²) in [5, 5.41) is 11.4. The largest absolute Gasteiger partial charge is 0.439 e. The van der Waals surface area contributed by atoms with E-state index in [2.05, 4.69) is 16.2 Å². The Hall–Kier alpha value is -2.23. The molecule has 0 unspecified atom stereocenters. The number of rotatable bonds is 3. The maximum absolute atomic E-state index is 9.04. The van der Waals surface area contributed by atoms with Gasteiger partial charge < -0.3 is 4.74 Å². The van der Waals surface area contributed by atoms with Gasteiger partial charge in [-0.25, -0.2) is 4.90 Å². The second kappa shape index (κ2) is 6.04. The lowest BCUT2D eigenvalue weighted by atomic mass is 10.1. The molecule has 1 aromatic carbocycles. The molecule has 104 valence electrons. The standard InChI is InChI=1S/C14H9ClN4OS/c15-10-1-2-13(20-14-7-21-9-19(14)8-16)11(5-10)12-6-17-3-4-18-12/h1-7H,9H2. The molecule has 2 heterocycles. The summed E-state index contributed by atoms with van der Waals surface area (Å²) in [5.41, 5.74) is 1.39. The zero-order valence-electron chi connectivity index (χ0n) is 10.7. The first kappa shape index (κ1) is 13.7. The number of nitrogens with zero attached hydrogens (tertiary/aromatic N) is 4. The third kappa shape index (κ3) is 2.94. The molecule has 3 rings (SSSR count). The summed E-state index contributed by atoms with van der Waals surface area (Å²) < 4.78 is 5.84. The van der Waals surface area contributed by atoms with Gasteiger partial charge >= 0.3 is 0 Å². The Morgan fingerprint density at radius 3 is 3.05 bits per heavy atom. The van der Waals surface area contributed by atoms with Crippen molar-refractivity contribution in [3.63, 3.8) is 0 Å². The fourth-order valence-electron chi connectivity index (χ4n) is 1.81. The summed E-state index contributed by atoms with van der Waals surface area (Å²) in [6, 6.07) is 5.25. The van der Waals surface area contributed by atoms with Gasteiger partial charge in [-0.3, -0.25) is 9.97 Å². The number of hydrogen-bond acceptors (Lipinski definition) is 6. The summed E-state index contributed by atoms with van der Waals surface area (Å²) in [7, 11) is 0. The van der Waals surface area contributed by atoms with Gasteiger partial charge in [-0.05, 0) is 18.2 Å². The van der Waals surface area contributed by atoms with E-state index in [0.29, 0.717) is 28.2 Å². The fraction of sp³-hybridized carbons (Fsp3) is 0.0714. The average molecular weight is 317 g/mol. The van der Waals surface area contributed by atoms with Crippen LogP contribution >= 0.6 is 23.4 Å². The molecule has 0 spiro atoms. The Morgan fingerprint density at radius 1 is 1.38 bits per heavy atom. The summed E-state index contributed by atoms with van der Waals surface area (Å²) in [5.74, 6) is 1.63. The molecule has 2 aromatic rings. The molecule has 0 fully saturated rings. The number of benzene rings is 1. The van der Waals surface area contributed by atoms with Crippen molar-refractivity contribution in [1.82, 2.24) is 14.9 Å². The van der Waals surface area contributed by atoms with Crippen molar-refractivity contribution in [3.8, 4) is 23.2 Å². The maximum atomic E-state index is 9.04. The van der Waals surface area contributed by atoms with E-state index in [-0.39, 0.29) is 0 Å². The lowest BCUT2D eigenvalue weighted by Gasteiger charge is -2.15. The van der Waals surface area contributed by atoms with Gasteiger partial charge in [0.05, 0.1) is 17.8 Å². The predicted octanol–water partition coefficient (Wildman–Crippen LogP) is 3.46. The van der Waals surface area contributed by atoms with Crippen molar-refractivity contribution in [2.45, 2.75) is 0 Å². The van der Waals surface area contributed by atoms with Gasteiger partial charge in [-0.1, -0.05) is 11.6 Å². The monoisotopic (exact) mass is 316 g/mol. The topological polar surface area (TPSA) is 62.0 Å². The Labute approximate surface area is 130 Å². The van der Waals surface area contributed by atoms with E-state index >= 15 is 0 Å². The Morgan fingerprint density at radius 2 is 2.29 bits per heavy atom. The summed E-state index contributed by atoms with van der Waals surface area (Å²) in [6.45, 7) is 0. The van der Waals surface area contributed by atoms with E-state index in [1.807, 2.05) is 0 Å². The molecule has 0 amide bonds. The minimum Gasteiger partial charge on any atom is -0.439 e. The van der Waals surface area contributed by atoms with Crippen molar-refractivity contribution in [2.75, 3.05) is 5.88 Å². The Bertz CT molecular complexity index is 729. The molecule has 1 aliphatic rings. The quantitative estimate of drug-likeness (QED) is 0.808. The molecular formula is C14H9ClN4OS. The van der Waals surface area contributed by atoms with E-state index in [0.717, 1.165) is 5.56 Å². The second-order valence-electron chi connectivity index (χ2n) is 4.11. The SMILES string of the molecule is N#CN1CSC=C1Oc1ccc(Cl)cc1-c1cnccn1. The highest BCUT2D eigenvalue weighted by atomic mass is 35.5. The van der Waals surface area contributed by atoms with Crippen LogP contribution in [0.1, 0.15) is 0 Å². The molecule has 1 aromatic heterocycles. The molecular weight excluding hydrogens is 308 g/mol. The first-order valence-electron chi connectivity index (χ1n) is 6.01. The van der Waals surface area contributed by atoms with Crippen LogP contribution in [0.5, 0.6) is 5.75 Å². The molecule has 1 aliphatic heterocycles. The van der Waals surface area contributed by atoms with Crippen LogP contribution in [-0.4, -0.2) is 20.7 Å². The third-order valence-electron chi connectivity index (χ3n) is 2.77. The second-order valence-corrected chi connectivity index (χ2v) is 5.38. The van der Waals surface area contributed by atoms with Crippen molar-refractivity contribution >= 4 is 23.4 Å². The molecule has 0 bridgehead atoms. The average Bonchev–Trinajstić information content (AvgIpc) is 2.97. The molecule has 0 aliphatic carbocycles. The molecule has 0 atom stereocenters. The van der Waals surface area contributed by atoms with Crippen LogP contribution in [0.2, 0.25) is 5.02 Å². The number of aromatic nitrogens is 2. The summed E-state index contributed by atoms with van der Waals surface area (Å²) in [6.07, 6.45) is 6.91. The lowest BCUT2D eigenvalue weighted by Crippen LogP contribution is -2.16.